The van der Waals surface area contributed by atoms with E-state index in [4.69, 9.17) is 0 Å². The third-order valence-corrected chi connectivity index (χ3v) is 4.77. The van der Waals surface area contributed by atoms with Crippen LogP contribution in [0.5, 0.6) is 0 Å². The molecule has 0 heterocycles. The van der Waals surface area contributed by atoms with Gasteiger partial charge in [0.25, 0.3) is 10.0 Å². The molecule has 0 amide bonds. The number of hydrazone groups is 1. The molecule has 1 atom stereocenters. The molecule has 1 N–H and O–H groups in total. The van der Waals surface area contributed by atoms with Gasteiger partial charge in [0, 0.05) is 5.71 Å². The second-order valence-corrected chi connectivity index (χ2v) is 8.10. The third-order valence-electron chi connectivity index (χ3n) is 3.55. The van der Waals surface area contributed by atoms with Crippen LogP contribution in [0.4, 0.5) is 0 Å². The molecule has 0 bridgehead atoms. The van der Waals surface area contributed by atoms with Crippen molar-refractivity contribution in [2.45, 2.75) is 44.9 Å². The number of nitrogens with zero attached hydrogens (tertiary/aromatic N) is 1. The van der Waals surface area contributed by atoms with Crippen LogP contribution >= 0.6 is 0 Å². The van der Waals surface area contributed by atoms with Crippen LogP contribution < -0.4 is 4.83 Å². The highest BCUT2D eigenvalue weighted by molar-refractivity contribution is 7.89. The van der Waals surface area contributed by atoms with E-state index >= 15 is 0 Å². The van der Waals surface area contributed by atoms with Gasteiger partial charge in [0.2, 0.25) is 0 Å². The van der Waals surface area contributed by atoms with Gasteiger partial charge in [-0.15, -0.1) is 0 Å². The van der Waals surface area contributed by atoms with Gasteiger partial charge in [0.1, 0.15) is 0 Å². The third kappa shape index (κ3) is 3.82. The van der Waals surface area contributed by atoms with Gasteiger partial charge in [-0.05, 0) is 42.7 Å². The van der Waals surface area contributed by atoms with Crippen molar-refractivity contribution in [1.82, 2.24) is 4.83 Å². The Kier molecular flexibility index (Phi) is 4.18. The SMILES string of the molecule is CC1CC(=NNS(=O)(=O)c2ccccc2)CC(C)(C)C1. The average molecular weight is 294 g/mol. The largest absolute Gasteiger partial charge is 0.276 e. The Balaban J connectivity index is 2.13. The predicted molar refractivity (Wildman–Crippen MR) is 81.0 cm³/mol. The van der Waals surface area contributed by atoms with Crippen LogP contribution in [0, 0.1) is 11.3 Å². The predicted octanol–water partition coefficient (Wildman–Crippen LogP) is 3.17. The van der Waals surface area contributed by atoms with Gasteiger partial charge in [0.05, 0.1) is 4.90 Å². The van der Waals surface area contributed by atoms with E-state index in [-0.39, 0.29) is 10.3 Å². The highest BCUT2D eigenvalue weighted by Gasteiger charge is 2.29. The zero-order valence-electron chi connectivity index (χ0n) is 12.3. The fourth-order valence-corrected chi connectivity index (χ4v) is 3.85. The fourth-order valence-electron chi connectivity index (χ4n) is 2.98. The average Bonchev–Trinajstić information content (AvgIpc) is 2.35. The van der Waals surface area contributed by atoms with Crippen molar-refractivity contribution in [3.63, 3.8) is 0 Å². The lowest BCUT2D eigenvalue weighted by molar-refractivity contribution is 0.265. The lowest BCUT2D eigenvalue weighted by Gasteiger charge is -2.34. The summed E-state index contributed by atoms with van der Waals surface area (Å²) in [6, 6.07) is 8.32. The first-order valence-corrected chi connectivity index (χ1v) is 8.39. The zero-order chi connectivity index (χ0) is 14.8. The van der Waals surface area contributed by atoms with Crippen molar-refractivity contribution in [3.8, 4) is 0 Å². The van der Waals surface area contributed by atoms with E-state index in [0.29, 0.717) is 5.92 Å². The second kappa shape index (κ2) is 5.56. The highest BCUT2D eigenvalue weighted by Crippen LogP contribution is 2.36. The Morgan fingerprint density at radius 3 is 2.50 bits per heavy atom. The molecule has 1 aliphatic carbocycles. The summed E-state index contributed by atoms with van der Waals surface area (Å²) in [6.07, 6.45) is 2.85. The molecule has 0 radical (unpaired) electrons. The summed E-state index contributed by atoms with van der Waals surface area (Å²) >= 11 is 0. The standard InChI is InChI=1S/C15H22N2O2S/c1-12-9-13(11-15(2,3)10-12)16-17-20(18,19)14-7-5-4-6-8-14/h4-8,12,17H,9-11H2,1-3H3. The number of hydrogen-bond acceptors (Lipinski definition) is 3. The summed E-state index contributed by atoms with van der Waals surface area (Å²) in [7, 11) is -3.55. The van der Waals surface area contributed by atoms with E-state index in [0.717, 1.165) is 25.0 Å². The van der Waals surface area contributed by atoms with Crippen LogP contribution in [0.1, 0.15) is 40.0 Å². The van der Waals surface area contributed by atoms with E-state index in [1.54, 1.807) is 30.3 Å². The molecule has 0 spiro atoms. The number of rotatable bonds is 3. The second-order valence-electron chi connectivity index (χ2n) is 6.44. The molecule has 1 aromatic rings. The first kappa shape index (κ1) is 15.0. The molecular formula is C15H22N2O2S. The summed E-state index contributed by atoms with van der Waals surface area (Å²) < 4.78 is 24.2. The molecule has 20 heavy (non-hydrogen) atoms. The van der Waals surface area contributed by atoms with Gasteiger partial charge in [0.15, 0.2) is 0 Å². The molecule has 1 fully saturated rings. The monoisotopic (exact) mass is 294 g/mol. The molecule has 1 saturated carbocycles. The van der Waals surface area contributed by atoms with Crippen LogP contribution in [-0.4, -0.2) is 14.1 Å². The normalized spacial score (nSPS) is 24.6. The fraction of sp³-hybridized carbons (Fsp3) is 0.533. The molecule has 1 unspecified atom stereocenters. The summed E-state index contributed by atoms with van der Waals surface area (Å²) in [4.78, 5) is 2.61. The Labute approximate surface area is 121 Å². The van der Waals surface area contributed by atoms with Gasteiger partial charge >= 0.3 is 0 Å². The van der Waals surface area contributed by atoms with E-state index in [9.17, 15) is 8.42 Å². The van der Waals surface area contributed by atoms with Gasteiger partial charge in [-0.2, -0.15) is 13.5 Å². The molecule has 5 heteroatoms. The van der Waals surface area contributed by atoms with Crippen molar-refractivity contribution >= 4 is 15.7 Å². The minimum Gasteiger partial charge on any atom is -0.200 e. The van der Waals surface area contributed by atoms with Crippen molar-refractivity contribution in [2.24, 2.45) is 16.4 Å². The maximum Gasteiger partial charge on any atom is 0.276 e. The van der Waals surface area contributed by atoms with Crippen molar-refractivity contribution in [2.75, 3.05) is 0 Å². The molecule has 110 valence electrons. The summed E-state index contributed by atoms with van der Waals surface area (Å²) in [5.74, 6) is 0.540. The smallest absolute Gasteiger partial charge is 0.200 e. The molecular weight excluding hydrogens is 272 g/mol. The Morgan fingerprint density at radius 1 is 1.25 bits per heavy atom. The van der Waals surface area contributed by atoms with Gasteiger partial charge in [-0.3, -0.25) is 0 Å². The number of nitrogens with one attached hydrogen (secondary N) is 1. The summed E-state index contributed by atoms with van der Waals surface area (Å²) in [6.45, 7) is 6.58. The molecule has 1 aliphatic rings. The Hall–Kier alpha value is -1.36. The van der Waals surface area contributed by atoms with Crippen LogP contribution in [0.15, 0.2) is 40.3 Å². The van der Waals surface area contributed by atoms with Gasteiger partial charge in [-0.1, -0.05) is 39.0 Å². The number of sulfonamides is 1. The van der Waals surface area contributed by atoms with Crippen molar-refractivity contribution in [3.05, 3.63) is 30.3 Å². The zero-order valence-corrected chi connectivity index (χ0v) is 13.1. The lowest BCUT2D eigenvalue weighted by Crippen LogP contribution is -2.30. The van der Waals surface area contributed by atoms with Gasteiger partial charge < -0.3 is 0 Å². The number of benzene rings is 1. The first-order chi connectivity index (χ1) is 9.28. The van der Waals surface area contributed by atoms with Crippen LogP contribution in [0.25, 0.3) is 0 Å². The van der Waals surface area contributed by atoms with E-state index in [1.807, 2.05) is 0 Å². The number of hydrogen-bond donors (Lipinski definition) is 1. The topological polar surface area (TPSA) is 58.5 Å². The van der Waals surface area contributed by atoms with Gasteiger partial charge in [-0.25, -0.2) is 4.83 Å². The molecule has 0 aliphatic heterocycles. The quantitative estimate of drug-likeness (QED) is 0.870. The Bertz CT molecular complexity index is 592. The maximum absolute atomic E-state index is 12.1. The maximum atomic E-state index is 12.1. The molecule has 1 aromatic carbocycles. The van der Waals surface area contributed by atoms with Crippen LogP contribution in [-0.2, 0) is 10.0 Å². The molecule has 4 nitrogen and oxygen atoms in total. The van der Waals surface area contributed by atoms with Crippen LogP contribution in [0.2, 0.25) is 0 Å². The summed E-state index contributed by atoms with van der Waals surface area (Å²) in [5.41, 5.74) is 1.13. The highest BCUT2D eigenvalue weighted by atomic mass is 32.2. The Morgan fingerprint density at radius 2 is 1.90 bits per heavy atom. The minimum absolute atomic E-state index is 0.189. The molecule has 0 saturated heterocycles. The van der Waals surface area contributed by atoms with Crippen LogP contribution in [0.3, 0.4) is 0 Å². The summed E-state index contributed by atoms with van der Waals surface area (Å²) in [5, 5.41) is 4.16. The van der Waals surface area contributed by atoms with E-state index in [1.165, 1.54) is 0 Å². The molecule has 2 rings (SSSR count). The molecule has 0 aromatic heterocycles. The lowest BCUT2D eigenvalue weighted by atomic mass is 9.72. The first-order valence-electron chi connectivity index (χ1n) is 6.91. The minimum atomic E-state index is -3.55. The van der Waals surface area contributed by atoms with E-state index in [2.05, 4.69) is 30.7 Å². The van der Waals surface area contributed by atoms with Crippen molar-refractivity contribution < 1.29 is 8.42 Å². The van der Waals surface area contributed by atoms with Crippen molar-refractivity contribution in [1.29, 1.82) is 0 Å². The van der Waals surface area contributed by atoms with E-state index < -0.39 is 10.0 Å².